The van der Waals surface area contributed by atoms with Gasteiger partial charge in [-0.2, -0.15) is 0 Å². The summed E-state index contributed by atoms with van der Waals surface area (Å²) in [5.74, 6) is -8.88. The number of aliphatic hydroxyl groups is 3. The number of aliphatic hydroxyl groups excluding tert-OH is 2. The number of Topliss-reactive ketones (excluding diaryl/α,β-unsaturated/α-hetero) is 3. The lowest BCUT2D eigenvalue weighted by molar-refractivity contribution is -0.266. The van der Waals surface area contributed by atoms with Crippen LogP contribution in [0.25, 0.3) is 0 Å². The van der Waals surface area contributed by atoms with Crippen LogP contribution in [0.15, 0.2) is 47.6 Å². The average molecular weight is 1080 g/mol. The predicted octanol–water partition coefficient (Wildman–Crippen LogP) is 5.26. The third-order valence-electron chi connectivity index (χ3n) is 17.0. The fourth-order valence-electron chi connectivity index (χ4n) is 12.1. The minimum Gasteiger partial charge on any atom is -0.460 e. The normalized spacial score (nSPS) is 39.6. The molecule has 1 aliphatic carbocycles. The molecule has 1 saturated carbocycles. The molecule has 0 aromatic heterocycles. The Hall–Kier alpha value is -4.47. The standard InChI is InChI=1S/C58H87N3O16/c1-33-15-11-10-12-16-34(2)47(75-24-23-74-42-29-44-54(67)59-57(70)61(44)32-42)30-41-20-18-39(7)58(71,77-41)53(66)55(68)60-22-14-13-17-43(60)56(69)76-48(36(4)27-40-19-21-45(62)49(28-40)72-8)31-46(63)35(3)26-38(6)51(65)52(73-9)50(64)37(5)25-33/h10-12,15-16,26,33,35-37,39-45,47-49,51-52,62,65,71H,13-14,17-25,27-32H2,1-9H3,(H,59,67,70)/b12-10+,15-11+,34-16+,38-26+/t33-,35-,36-,37-,39-,40+,41+,42-,43+,44+,45-,47+,48+,49-,51-,52+,58-/m1/s1. The molecule has 0 spiro atoms. The first-order chi connectivity index (χ1) is 36.6. The smallest absolute Gasteiger partial charge is 0.329 e. The zero-order valence-corrected chi connectivity index (χ0v) is 46.8. The maximum absolute atomic E-state index is 14.5. The van der Waals surface area contributed by atoms with Gasteiger partial charge >= 0.3 is 12.0 Å². The monoisotopic (exact) mass is 1080 g/mol. The second kappa shape index (κ2) is 28.1. The van der Waals surface area contributed by atoms with Crippen LogP contribution in [0.4, 0.5) is 4.79 Å². The van der Waals surface area contributed by atoms with Crippen LogP contribution in [0.3, 0.4) is 0 Å². The van der Waals surface area contributed by atoms with Gasteiger partial charge in [-0.05, 0) is 107 Å². The van der Waals surface area contributed by atoms with Gasteiger partial charge in [-0.1, -0.05) is 71.1 Å². The number of piperidine rings is 1. The molecule has 5 heterocycles. The van der Waals surface area contributed by atoms with E-state index in [2.05, 4.69) is 5.32 Å². The minimum absolute atomic E-state index is 0.0417. The zero-order chi connectivity index (χ0) is 56.3. The summed E-state index contributed by atoms with van der Waals surface area (Å²) in [7, 11) is 2.92. The second-order valence-corrected chi connectivity index (χ2v) is 22.9. The summed E-state index contributed by atoms with van der Waals surface area (Å²) >= 11 is 0. The van der Waals surface area contributed by atoms with E-state index in [4.69, 9.17) is 28.4 Å². The van der Waals surface area contributed by atoms with Crippen molar-refractivity contribution in [2.45, 2.75) is 199 Å². The molecular weight excluding hydrogens is 995 g/mol. The Kier molecular flexibility index (Phi) is 22.5. The van der Waals surface area contributed by atoms with Gasteiger partial charge in [0.05, 0.1) is 43.7 Å². The number of carbonyl (C=O) groups is 7. The summed E-state index contributed by atoms with van der Waals surface area (Å²) in [5.41, 5.74) is 1.15. The van der Waals surface area contributed by atoms with Gasteiger partial charge in [0.1, 0.15) is 36.2 Å². The van der Waals surface area contributed by atoms with Gasteiger partial charge in [0.15, 0.2) is 5.78 Å². The van der Waals surface area contributed by atoms with E-state index in [9.17, 15) is 48.9 Å². The quantitative estimate of drug-likeness (QED) is 0.0716. The predicted molar refractivity (Wildman–Crippen MR) is 282 cm³/mol. The van der Waals surface area contributed by atoms with E-state index in [1.54, 1.807) is 40.9 Å². The van der Waals surface area contributed by atoms with Gasteiger partial charge in [-0.25, -0.2) is 9.59 Å². The number of ether oxygens (including phenoxy) is 6. The molecule has 0 unspecified atom stereocenters. The van der Waals surface area contributed by atoms with Crippen molar-refractivity contribution in [3.63, 3.8) is 0 Å². The number of fused-ring (bicyclic) bond motifs is 4. The van der Waals surface area contributed by atoms with Gasteiger partial charge in [0.25, 0.3) is 17.6 Å². The van der Waals surface area contributed by atoms with Crippen LogP contribution >= 0.6 is 0 Å². The topological polar surface area (TPSA) is 254 Å². The number of carbonyl (C=O) groups excluding carboxylic acids is 7. The van der Waals surface area contributed by atoms with E-state index in [0.717, 1.165) is 5.57 Å². The highest BCUT2D eigenvalue weighted by atomic mass is 16.6. The Balaban J connectivity index is 1.27. The van der Waals surface area contributed by atoms with Crippen molar-refractivity contribution < 1.29 is 77.3 Å². The van der Waals surface area contributed by atoms with Crippen molar-refractivity contribution in [1.29, 1.82) is 0 Å². The van der Waals surface area contributed by atoms with E-state index >= 15 is 0 Å². The lowest BCUT2D eigenvalue weighted by Gasteiger charge is -2.43. The molecule has 4 amide bonds. The van der Waals surface area contributed by atoms with Crippen molar-refractivity contribution in [3.8, 4) is 0 Å². The SMILES string of the molecule is CO[C@@H]1C[C@H](C[C@@H](C)[C@@H]2CC(=O)[C@H](C)/C=C(\C)[C@@H](O)[C@@H](OC)C(=O)[C@H](C)C[C@H](C)/C=C/C=C/C=C(\C)[C@@H](OCCO[C@@H]3C[C@H]4C(=O)NC(=O)N4C3)C[C@@H]3CC[C@@H](C)[C@@](O)(O3)C(=O)C(=O)N3CCCC[C@H]3C(=O)O2)CC[C@H]1O. The number of methoxy groups -OCH3 is 2. The third kappa shape index (κ3) is 15.7. The number of hydrogen-bond acceptors (Lipinski definition) is 16. The highest BCUT2D eigenvalue weighted by Gasteiger charge is 2.53. The van der Waals surface area contributed by atoms with Gasteiger partial charge < -0.3 is 53.5 Å². The highest BCUT2D eigenvalue weighted by Crippen LogP contribution is 2.38. The highest BCUT2D eigenvalue weighted by molar-refractivity contribution is 6.39. The molecule has 19 heteroatoms. The summed E-state index contributed by atoms with van der Waals surface area (Å²) in [6.45, 7) is 13.1. The molecular formula is C58H87N3O16. The molecule has 5 aliphatic heterocycles. The number of amides is 4. The summed E-state index contributed by atoms with van der Waals surface area (Å²) in [5, 5.41) is 36.6. The Morgan fingerprint density at radius 3 is 2.27 bits per heavy atom. The molecule has 0 aromatic carbocycles. The molecule has 430 valence electrons. The first-order valence-corrected chi connectivity index (χ1v) is 28.0. The van der Waals surface area contributed by atoms with Crippen LogP contribution in [0.1, 0.15) is 132 Å². The number of cyclic esters (lactones) is 1. The number of urea groups is 1. The number of hydrogen-bond donors (Lipinski definition) is 4. The van der Waals surface area contributed by atoms with E-state index in [1.807, 2.05) is 51.2 Å². The largest absolute Gasteiger partial charge is 0.460 e. The molecule has 6 rings (SSSR count). The van der Waals surface area contributed by atoms with Gasteiger partial charge in [-0.15, -0.1) is 0 Å². The number of esters is 1. The Bertz CT molecular complexity index is 2210. The molecule has 4 saturated heterocycles. The maximum atomic E-state index is 14.5. The van der Waals surface area contributed by atoms with E-state index in [0.29, 0.717) is 69.8 Å². The van der Waals surface area contributed by atoms with Crippen LogP contribution < -0.4 is 5.32 Å². The molecule has 2 bridgehead atoms. The van der Waals surface area contributed by atoms with Crippen LogP contribution in [0.2, 0.25) is 0 Å². The Morgan fingerprint density at radius 2 is 1.56 bits per heavy atom. The fraction of sp³-hybridized carbons (Fsp3) is 0.741. The van der Waals surface area contributed by atoms with Crippen molar-refractivity contribution in [2.24, 2.45) is 35.5 Å². The molecule has 17 atom stereocenters. The summed E-state index contributed by atoms with van der Waals surface area (Å²) in [6.07, 6.45) is 9.95. The summed E-state index contributed by atoms with van der Waals surface area (Å²) < 4.78 is 36.3. The first-order valence-electron chi connectivity index (χ1n) is 28.0. The van der Waals surface area contributed by atoms with E-state index in [1.165, 1.54) is 16.9 Å². The van der Waals surface area contributed by atoms with Gasteiger partial charge in [-0.3, -0.25) is 29.3 Å². The van der Waals surface area contributed by atoms with Crippen molar-refractivity contribution in [2.75, 3.05) is 40.5 Å². The molecule has 19 nitrogen and oxygen atoms in total. The number of allylic oxidation sites excluding steroid dienone is 6. The molecule has 0 aromatic rings. The van der Waals surface area contributed by atoms with Gasteiger partial charge in [0, 0.05) is 64.3 Å². The van der Waals surface area contributed by atoms with Crippen LogP contribution in [-0.4, -0.2) is 174 Å². The van der Waals surface area contributed by atoms with Crippen molar-refractivity contribution in [1.82, 2.24) is 15.1 Å². The van der Waals surface area contributed by atoms with Crippen LogP contribution in [0, 0.1) is 35.5 Å². The second-order valence-electron chi connectivity index (χ2n) is 22.9. The third-order valence-corrected chi connectivity index (χ3v) is 17.0. The van der Waals surface area contributed by atoms with E-state index < -0.39 is 95.9 Å². The first kappa shape index (κ1) is 61.7. The van der Waals surface area contributed by atoms with Crippen molar-refractivity contribution >= 4 is 41.2 Å². The number of nitrogens with one attached hydrogen (secondary N) is 1. The minimum atomic E-state index is -2.53. The average Bonchev–Trinajstić information content (AvgIpc) is 3.97. The zero-order valence-electron chi connectivity index (χ0n) is 46.8. The molecule has 5 fully saturated rings. The number of nitrogens with zero attached hydrogens (tertiary/aromatic N) is 2. The Morgan fingerprint density at radius 1 is 0.818 bits per heavy atom. The van der Waals surface area contributed by atoms with Crippen LogP contribution in [-0.2, 0) is 57.2 Å². The van der Waals surface area contributed by atoms with Crippen LogP contribution in [0.5, 0.6) is 0 Å². The molecule has 0 radical (unpaired) electrons. The van der Waals surface area contributed by atoms with E-state index in [-0.39, 0.29) is 93.0 Å². The molecule has 6 aliphatic rings. The fourth-order valence-corrected chi connectivity index (χ4v) is 12.1. The van der Waals surface area contributed by atoms with Gasteiger partial charge in [0.2, 0.25) is 5.79 Å². The Labute approximate surface area is 454 Å². The number of ketones is 3. The maximum Gasteiger partial charge on any atom is 0.329 e. The summed E-state index contributed by atoms with van der Waals surface area (Å²) in [6, 6.07) is -2.20. The summed E-state index contributed by atoms with van der Waals surface area (Å²) in [4.78, 5) is 98.7. The number of rotatable bonds is 10. The lowest BCUT2D eigenvalue weighted by atomic mass is 9.78. The van der Waals surface area contributed by atoms with Crippen molar-refractivity contribution in [3.05, 3.63) is 47.6 Å². The number of imide groups is 1. The molecule has 77 heavy (non-hydrogen) atoms. The lowest BCUT2D eigenvalue weighted by Crippen LogP contribution is -2.61. The molecule has 4 N–H and O–H groups in total.